The molecule has 0 bridgehead atoms. The first-order valence-corrected chi connectivity index (χ1v) is 4.55. The van der Waals surface area contributed by atoms with Crippen molar-refractivity contribution in [1.29, 1.82) is 0 Å². The van der Waals surface area contributed by atoms with Crippen molar-refractivity contribution >= 4 is 17.4 Å². The molecular weight excluding hydrogens is 194 g/mol. The van der Waals surface area contributed by atoms with Gasteiger partial charge in [0.25, 0.3) is 0 Å². The molecule has 1 N–H and O–H groups in total. The van der Waals surface area contributed by atoms with E-state index >= 15 is 0 Å². The average Bonchev–Trinajstić information content (AvgIpc) is 2.43. The Labute approximate surface area is 78.7 Å². The van der Waals surface area contributed by atoms with E-state index in [4.69, 9.17) is 5.11 Å². The number of aryl methyl sites for hydroxylation is 1. The lowest BCUT2D eigenvalue weighted by atomic mass is 10.6. The molecule has 6 nitrogen and oxygen atoms in total. The third kappa shape index (κ3) is 2.43. The van der Waals surface area contributed by atoms with E-state index in [1.54, 1.807) is 7.05 Å². The number of aliphatic hydroxyl groups excluding tert-OH is 1. The molecule has 0 fully saturated rings. The molecule has 1 rings (SSSR count). The van der Waals surface area contributed by atoms with E-state index in [1.807, 2.05) is 0 Å². The van der Waals surface area contributed by atoms with Crippen molar-refractivity contribution in [2.75, 3.05) is 12.4 Å². The quantitative estimate of drug-likeness (QED) is 0.435. The van der Waals surface area contributed by atoms with Gasteiger partial charge in [-0.3, -0.25) is 14.8 Å². The van der Waals surface area contributed by atoms with E-state index < -0.39 is 4.92 Å². The van der Waals surface area contributed by atoms with Crippen molar-refractivity contribution in [1.82, 2.24) is 9.78 Å². The van der Waals surface area contributed by atoms with Gasteiger partial charge in [-0.25, -0.2) is 0 Å². The Hall–Kier alpha value is -1.08. The zero-order valence-corrected chi connectivity index (χ0v) is 7.82. The highest BCUT2D eigenvalue weighted by molar-refractivity contribution is 7.99. The number of nitro groups is 1. The average molecular weight is 203 g/mol. The summed E-state index contributed by atoms with van der Waals surface area (Å²) in [6, 6.07) is 0. The molecule has 1 aromatic heterocycles. The molecule has 72 valence electrons. The van der Waals surface area contributed by atoms with E-state index in [1.165, 1.54) is 22.6 Å². The highest BCUT2D eigenvalue weighted by Crippen LogP contribution is 2.26. The molecule has 1 aromatic rings. The lowest BCUT2D eigenvalue weighted by molar-refractivity contribution is -0.387. The summed E-state index contributed by atoms with van der Waals surface area (Å²) in [6.45, 7) is -0.0155. The second kappa shape index (κ2) is 4.24. The first kappa shape index (κ1) is 10.0. The fraction of sp³-hybridized carbons (Fsp3) is 0.500. The van der Waals surface area contributed by atoms with Gasteiger partial charge in [-0.05, 0) is 0 Å². The van der Waals surface area contributed by atoms with Gasteiger partial charge in [0.2, 0.25) is 0 Å². The Kier molecular flexibility index (Phi) is 3.26. The molecule has 0 saturated heterocycles. The minimum absolute atomic E-state index is 0.0130. The minimum atomic E-state index is -0.479. The zero-order valence-electron chi connectivity index (χ0n) is 7.01. The minimum Gasteiger partial charge on any atom is -0.396 e. The summed E-state index contributed by atoms with van der Waals surface area (Å²) in [4.78, 5) is 10.00. The molecule has 0 aliphatic carbocycles. The number of thioether (sulfide) groups is 1. The highest BCUT2D eigenvalue weighted by atomic mass is 32.2. The molecule has 13 heavy (non-hydrogen) atoms. The third-order valence-corrected chi connectivity index (χ3v) is 2.25. The van der Waals surface area contributed by atoms with Gasteiger partial charge in [-0.1, -0.05) is 11.8 Å². The van der Waals surface area contributed by atoms with Crippen molar-refractivity contribution in [3.8, 4) is 0 Å². The zero-order chi connectivity index (χ0) is 9.84. The lowest BCUT2D eigenvalue weighted by Crippen LogP contribution is -1.91. The van der Waals surface area contributed by atoms with E-state index in [0.29, 0.717) is 10.8 Å². The Morgan fingerprint density at radius 3 is 3.08 bits per heavy atom. The van der Waals surface area contributed by atoms with Gasteiger partial charge >= 0.3 is 5.69 Å². The van der Waals surface area contributed by atoms with Crippen LogP contribution >= 0.6 is 11.8 Å². The number of rotatable bonds is 4. The molecule has 0 aromatic carbocycles. The fourth-order valence-corrected chi connectivity index (χ4v) is 1.57. The number of aromatic nitrogens is 2. The lowest BCUT2D eigenvalue weighted by Gasteiger charge is -1.92. The van der Waals surface area contributed by atoms with Gasteiger partial charge in [0, 0.05) is 12.8 Å². The van der Waals surface area contributed by atoms with E-state index in [9.17, 15) is 10.1 Å². The molecule has 0 radical (unpaired) electrons. The smallest absolute Gasteiger partial charge is 0.320 e. The number of aliphatic hydroxyl groups is 1. The van der Waals surface area contributed by atoms with Crippen LogP contribution in [0.5, 0.6) is 0 Å². The molecule has 0 aliphatic rings. The van der Waals surface area contributed by atoms with Crippen LogP contribution in [0.4, 0.5) is 5.69 Å². The largest absolute Gasteiger partial charge is 0.396 e. The van der Waals surface area contributed by atoms with E-state index in [2.05, 4.69) is 5.10 Å². The van der Waals surface area contributed by atoms with Gasteiger partial charge in [0.1, 0.15) is 6.20 Å². The van der Waals surface area contributed by atoms with Crippen molar-refractivity contribution in [2.45, 2.75) is 5.03 Å². The van der Waals surface area contributed by atoms with Crippen LogP contribution in [0.25, 0.3) is 0 Å². The van der Waals surface area contributed by atoms with Crippen LogP contribution in [-0.4, -0.2) is 32.2 Å². The summed E-state index contributed by atoms with van der Waals surface area (Å²) < 4.78 is 1.39. The topological polar surface area (TPSA) is 81.2 Å². The van der Waals surface area contributed by atoms with Gasteiger partial charge in [0.15, 0.2) is 5.03 Å². The van der Waals surface area contributed by atoms with Crippen LogP contribution in [0, 0.1) is 10.1 Å². The van der Waals surface area contributed by atoms with Gasteiger partial charge in [-0.2, -0.15) is 5.10 Å². The predicted molar refractivity (Wildman–Crippen MR) is 47.7 cm³/mol. The highest BCUT2D eigenvalue weighted by Gasteiger charge is 2.17. The van der Waals surface area contributed by atoms with Crippen molar-refractivity contribution in [3.05, 3.63) is 16.3 Å². The molecule has 0 spiro atoms. The number of hydrogen-bond donors (Lipinski definition) is 1. The normalized spacial score (nSPS) is 10.3. The summed E-state index contributed by atoms with van der Waals surface area (Å²) in [5.41, 5.74) is -0.0130. The van der Waals surface area contributed by atoms with Gasteiger partial charge in [-0.15, -0.1) is 0 Å². The Bertz CT molecular complexity index is 312. The summed E-state index contributed by atoms with van der Waals surface area (Å²) >= 11 is 1.17. The SMILES string of the molecule is Cn1cc([N+](=O)[O-])c(SCCO)n1. The van der Waals surface area contributed by atoms with Crippen LogP contribution in [-0.2, 0) is 7.05 Å². The Morgan fingerprint density at radius 1 is 1.85 bits per heavy atom. The maximum absolute atomic E-state index is 10.5. The molecule has 0 saturated carbocycles. The summed E-state index contributed by atoms with van der Waals surface area (Å²) in [6.07, 6.45) is 1.35. The van der Waals surface area contributed by atoms with Crippen LogP contribution in [0.15, 0.2) is 11.2 Å². The third-order valence-electron chi connectivity index (χ3n) is 1.30. The number of hydrogen-bond acceptors (Lipinski definition) is 5. The Morgan fingerprint density at radius 2 is 2.54 bits per heavy atom. The van der Waals surface area contributed by atoms with Crippen LogP contribution in [0.1, 0.15) is 0 Å². The summed E-state index contributed by atoms with van der Waals surface area (Å²) in [5.74, 6) is 0.415. The van der Waals surface area contributed by atoms with Crippen molar-refractivity contribution in [3.63, 3.8) is 0 Å². The molecule has 0 aliphatic heterocycles. The van der Waals surface area contributed by atoms with Crippen LogP contribution < -0.4 is 0 Å². The van der Waals surface area contributed by atoms with Gasteiger partial charge in [0.05, 0.1) is 11.5 Å². The van der Waals surface area contributed by atoms with Gasteiger partial charge < -0.3 is 5.11 Å². The van der Waals surface area contributed by atoms with Crippen LogP contribution in [0.3, 0.4) is 0 Å². The summed E-state index contributed by atoms with van der Waals surface area (Å²) in [7, 11) is 1.62. The van der Waals surface area contributed by atoms with E-state index in [0.717, 1.165) is 0 Å². The molecule has 0 amide bonds. The number of nitrogens with zero attached hydrogens (tertiary/aromatic N) is 3. The first-order valence-electron chi connectivity index (χ1n) is 3.57. The maximum atomic E-state index is 10.5. The predicted octanol–water partition coefficient (Wildman–Crippen LogP) is 0.413. The molecular formula is C6H9N3O3S. The standard InChI is InChI=1S/C6H9N3O3S/c1-8-4-5(9(11)12)6(7-8)13-3-2-10/h4,10H,2-3H2,1H3. The molecule has 0 atom stereocenters. The van der Waals surface area contributed by atoms with Crippen molar-refractivity contribution < 1.29 is 10.0 Å². The second-order valence-corrected chi connectivity index (χ2v) is 3.41. The Balaban J connectivity index is 2.84. The van der Waals surface area contributed by atoms with Crippen LogP contribution in [0.2, 0.25) is 0 Å². The molecule has 1 heterocycles. The van der Waals surface area contributed by atoms with E-state index in [-0.39, 0.29) is 12.3 Å². The molecule has 0 unspecified atom stereocenters. The first-order chi connectivity index (χ1) is 6.15. The molecule has 7 heteroatoms. The maximum Gasteiger partial charge on any atom is 0.320 e. The fourth-order valence-electron chi connectivity index (χ4n) is 0.826. The van der Waals surface area contributed by atoms with Crippen molar-refractivity contribution in [2.24, 2.45) is 7.05 Å². The summed E-state index contributed by atoms with van der Waals surface area (Å²) in [5, 5.41) is 23.3. The second-order valence-electron chi connectivity index (χ2n) is 2.32. The monoisotopic (exact) mass is 203 g/mol.